The molecule has 0 radical (unpaired) electrons. The van der Waals surface area contributed by atoms with Gasteiger partial charge >= 0.3 is 5.97 Å². The lowest BCUT2D eigenvalue weighted by Crippen LogP contribution is -2.46. The molecule has 26 heavy (non-hydrogen) atoms. The van der Waals surface area contributed by atoms with Gasteiger partial charge in [0.2, 0.25) is 0 Å². The van der Waals surface area contributed by atoms with Gasteiger partial charge in [-0.1, -0.05) is 42.5 Å². The van der Waals surface area contributed by atoms with E-state index in [0.29, 0.717) is 23.3 Å². The Balaban J connectivity index is 1.79. The Labute approximate surface area is 156 Å². The Morgan fingerprint density at radius 2 is 1.58 bits per heavy atom. The molecule has 0 bridgehead atoms. The highest BCUT2D eigenvalue weighted by Crippen LogP contribution is 2.26. The third kappa shape index (κ3) is 3.65. The maximum Gasteiger partial charge on any atom is 0.329 e. The molecule has 0 saturated carbocycles. The molecule has 2 aromatic carbocycles. The second-order valence-corrected chi connectivity index (χ2v) is 6.90. The standard InChI is InChI=1S/C20H19NO4S/c1-26-12-11-17(20(24)25-13-14-7-3-2-4-8-14)21-18(22)15-9-5-6-10-16(15)19(21)23/h2-10,17H,11-13H2,1H3. The number of nitrogens with zero attached hydrogens (tertiary/aromatic N) is 1. The number of carbonyl (C=O) groups is 3. The normalized spacial score (nSPS) is 14.3. The van der Waals surface area contributed by atoms with Crippen LogP contribution < -0.4 is 0 Å². The number of hydrogen-bond acceptors (Lipinski definition) is 5. The third-order valence-electron chi connectivity index (χ3n) is 4.23. The van der Waals surface area contributed by atoms with Gasteiger partial charge in [0.25, 0.3) is 11.8 Å². The minimum Gasteiger partial charge on any atom is -0.459 e. The van der Waals surface area contributed by atoms with Crippen molar-refractivity contribution in [3.8, 4) is 0 Å². The first-order chi connectivity index (χ1) is 12.6. The Morgan fingerprint density at radius 3 is 2.15 bits per heavy atom. The first kappa shape index (κ1) is 18.2. The van der Waals surface area contributed by atoms with E-state index in [9.17, 15) is 14.4 Å². The summed E-state index contributed by atoms with van der Waals surface area (Å²) in [6, 6.07) is 15.0. The van der Waals surface area contributed by atoms with Gasteiger partial charge in [0.05, 0.1) is 11.1 Å². The van der Waals surface area contributed by atoms with E-state index in [4.69, 9.17) is 4.74 Å². The van der Waals surface area contributed by atoms with Gasteiger partial charge in [0, 0.05) is 0 Å². The zero-order valence-electron chi connectivity index (χ0n) is 14.4. The minimum absolute atomic E-state index is 0.110. The van der Waals surface area contributed by atoms with Crippen LogP contribution in [0.1, 0.15) is 32.7 Å². The van der Waals surface area contributed by atoms with Crippen LogP contribution in [0.25, 0.3) is 0 Å². The summed E-state index contributed by atoms with van der Waals surface area (Å²) in [6.45, 7) is 0.110. The summed E-state index contributed by atoms with van der Waals surface area (Å²) < 4.78 is 5.40. The maximum absolute atomic E-state index is 12.7. The van der Waals surface area contributed by atoms with Crippen molar-refractivity contribution in [2.45, 2.75) is 19.1 Å². The van der Waals surface area contributed by atoms with Crippen molar-refractivity contribution in [1.29, 1.82) is 0 Å². The van der Waals surface area contributed by atoms with E-state index in [1.54, 1.807) is 36.0 Å². The summed E-state index contributed by atoms with van der Waals surface area (Å²) in [5.41, 5.74) is 1.52. The number of rotatable bonds is 7. The molecule has 2 aromatic rings. The smallest absolute Gasteiger partial charge is 0.329 e. The van der Waals surface area contributed by atoms with Crippen LogP contribution in [0.5, 0.6) is 0 Å². The largest absolute Gasteiger partial charge is 0.459 e. The molecule has 0 aliphatic carbocycles. The van der Waals surface area contributed by atoms with E-state index in [1.807, 2.05) is 36.6 Å². The average molecular weight is 369 g/mol. The molecule has 2 amide bonds. The number of thioether (sulfide) groups is 1. The molecule has 6 heteroatoms. The van der Waals surface area contributed by atoms with E-state index in [1.165, 1.54) is 0 Å². The number of ether oxygens (including phenoxy) is 1. The number of carbonyl (C=O) groups excluding carboxylic acids is 3. The fraction of sp³-hybridized carbons (Fsp3) is 0.250. The molecular weight excluding hydrogens is 350 g/mol. The molecule has 0 spiro atoms. The molecular formula is C20H19NO4S. The lowest BCUT2D eigenvalue weighted by Gasteiger charge is -2.24. The molecule has 1 heterocycles. The van der Waals surface area contributed by atoms with Gasteiger partial charge in [-0.05, 0) is 36.1 Å². The van der Waals surface area contributed by atoms with Crippen molar-refractivity contribution in [1.82, 2.24) is 4.90 Å². The number of hydrogen-bond donors (Lipinski definition) is 0. The van der Waals surface area contributed by atoms with Crippen molar-refractivity contribution >= 4 is 29.5 Å². The Kier molecular flexibility index (Phi) is 5.73. The van der Waals surface area contributed by atoms with Crippen molar-refractivity contribution in [3.63, 3.8) is 0 Å². The Hall–Kier alpha value is -2.60. The highest BCUT2D eigenvalue weighted by molar-refractivity contribution is 7.98. The van der Waals surface area contributed by atoms with Crippen molar-refractivity contribution in [2.24, 2.45) is 0 Å². The summed E-state index contributed by atoms with van der Waals surface area (Å²) in [5, 5.41) is 0. The summed E-state index contributed by atoms with van der Waals surface area (Å²) in [7, 11) is 0. The topological polar surface area (TPSA) is 63.7 Å². The fourth-order valence-corrected chi connectivity index (χ4v) is 3.36. The SMILES string of the molecule is CSCCC(C(=O)OCc1ccccc1)N1C(=O)c2ccccc2C1=O. The van der Waals surface area contributed by atoms with E-state index >= 15 is 0 Å². The number of fused-ring (bicyclic) bond motifs is 1. The van der Waals surface area contributed by atoms with Gasteiger partial charge in [0.15, 0.2) is 0 Å². The van der Waals surface area contributed by atoms with Gasteiger partial charge in [-0.25, -0.2) is 4.79 Å². The van der Waals surface area contributed by atoms with Gasteiger partial charge < -0.3 is 4.74 Å². The van der Waals surface area contributed by atoms with Gasteiger partial charge in [0.1, 0.15) is 12.6 Å². The number of benzene rings is 2. The van der Waals surface area contributed by atoms with Crippen molar-refractivity contribution in [3.05, 3.63) is 71.3 Å². The molecule has 1 unspecified atom stereocenters. The van der Waals surface area contributed by atoms with Crippen LogP contribution in [0.3, 0.4) is 0 Å². The molecule has 1 atom stereocenters. The predicted octanol–water partition coefficient (Wildman–Crippen LogP) is 3.15. The monoisotopic (exact) mass is 369 g/mol. The zero-order chi connectivity index (χ0) is 18.5. The number of imide groups is 1. The lowest BCUT2D eigenvalue weighted by molar-refractivity contribution is -0.149. The van der Waals surface area contributed by atoms with E-state index < -0.39 is 23.8 Å². The molecule has 0 fully saturated rings. The average Bonchev–Trinajstić information content (AvgIpc) is 2.93. The molecule has 5 nitrogen and oxygen atoms in total. The molecule has 134 valence electrons. The maximum atomic E-state index is 12.7. The number of esters is 1. The van der Waals surface area contributed by atoms with Crippen LogP contribution >= 0.6 is 11.8 Å². The summed E-state index contributed by atoms with van der Waals surface area (Å²) in [4.78, 5) is 39.1. The van der Waals surface area contributed by atoms with Crippen LogP contribution in [0.2, 0.25) is 0 Å². The minimum atomic E-state index is -0.918. The second kappa shape index (κ2) is 8.19. The van der Waals surface area contributed by atoms with Crippen LogP contribution in [0.4, 0.5) is 0 Å². The highest BCUT2D eigenvalue weighted by atomic mass is 32.2. The Morgan fingerprint density at radius 1 is 1.00 bits per heavy atom. The van der Waals surface area contributed by atoms with Crippen molar-refractivity contribution < 1.29 is 19.1 Å². The highest BCUT2D eigenvalue weighted by Gasteiger charge is 2.43. The van der Waals surface area contributed by atoms with Crippen LogP contribution in [0.15, 0.2) is 54.6 Å². The summed E-state index contributed by atoms with van der Waals surface area (Å²) >= 11 is 1.55. The van der Waals surface area contributed by atoms with Gasteiger partial charge in [-0.3, -0.25) is 14.5 Å². The van der Waals surface area contributed by atoms with E-state index in [-0.39, 0.29) is 6.61 Å². The van der Waals surface area contributed by atoms with E-state index in [2.05, 4.69) is 0 Å². The fourth-order valence-electron chi connectivity index (χ4n) is 2.90. The first-order valence-corrected chi connectivity index (χ1v) is 9.69. The Bertz CT molecular complexity index is 787. The second-order valence-electron chi connectivity index (χ2n) is 5.92. The molecule has 0 aromatic heterocycles. The third-order valence-corrected chi connectivity index (χ3v) is 4.87. The first-order valence-electron chi connectivity index (χ1n) is 8.30. The predicted molar refractivity (Wildman–Crippen MR) is 100.0 cm³/mol. The molecule has 1 aliphatic heterocycles. The van der Waals surface area contributed by atoms with Crippen LogP contribution in [-0.2, 0) is 16.1 Å². The van der Waals surface area contributed by atoms with Gasteiger partial charge in [-0.2, -0.15) is 11.8 Å². The lowest BCUT2D eigenvalue weighted by atomic mass is 10.1. The zero-order valence-corrected chi connectivity index (χ0v) is 15.2. The van der Waals surface area contributed by atoms with E-state index in [0.717, 1.165) is 10.5 Å². The molecule has 1 aliphatic rings. The summed E-state index contributed by atoms with van der Waals surface area (Å²) in [5.74, 6) is -0.794. The molecule has 3 rings (SSSR count). The van der Waals surface area contributed by atoms with Crippen LogP contribution in [0, 0.1) is 0 Å². The van der Waals surface area contributed by atoms with Gasteiger partial charge in [-0.15, -0.1) is 0 Å². The summed E-state index contributed by atoms with van der Waals surface area (Å²) in [6.07, 6.45) is 2.27. The van der Waals surface area contributed by atoms with Crippen molar-refractivity contribution in [2.75, 3.05) is 12.0 Å². The number of amides is 2. The molecule has 0 saturated heterocycles. The quantitative estimate of drug-likeness (QED) is 0.554. The van der Waals surface area contributed by atoms with Crippen LogP contribution in [-0.4, -0.2) is 40.7 Å². The molecule has 0 N–H and O–H groups in total.